The second-order valence-electron chi connectivity index (χ2n) is 1.32. The highest BCUT2D eigenvalue weighted by atomic mass is 31.2. The molecule has 7 heteroatoms. The molecule has 1 unspecified atom stereocenters. The molecular weight excluding hydrogens is 166 g/mol. The Kier molecular flexibility index (Phi) is 3.48. The maximum Gasteiger partial charge on any atom is 0.520 e. The van der Waals surface area contributed by atoms with E-state index in [4.69, 9.17) is 9.79 Å². The molecule has 0 aliphatic carbocycles. The molecule has 0 rings (SSSR count). The molecule has 0 saturated heterocycles. The van der Waals surface area contributed by atoms with E-state index in [0.29, 0.717) is 0 Å². The summed E-state index contributed by atoms with van der Waals surface area (Å²) in [6, 6.07) is 0. The van der Waals surface area contributed by atoms with Gasteiger partial charge in [0, 0.05) is 0 Å². The highest BCUT2D eigenvalue weighted by molar-refractivity contribution is 7.64. The van der Waals surface area contributed by atoms with Crippen LogP contribution in [0.2, 0.25) is 0 Å². The van der Waals surface area contributed by atoms with Crippen molar-refractivity contribution in [3.63, 3.8) is 0 Å². The Morgan fingerprint density at radius 2 is 2.11 bits per heavy atom. The van der Waals surface area contributed by atoms with E-state index in [-0.39, 0.29) is 0 Å². The first-order valence-electron chi connectivity index (χ1n) is 1.99. The first-order valence-corrected chi connectivity index (χ1v) is 5.15. The molecule has 5 nitrogen and oxygen atoms in total. The van der Waals surface area contributed by atoms with Gasteiger partial charge in [-0.05, 0) is 4.57 Å². The molecule has 9 heavy (non-hydrogen) atoms. The van der Waals surface area contributed by atoms with Crippen molar-refractivity contribution in [2.24, 2.45) is 0 Å². The zero-order valence-corrected chi connectivity index (χ0v) is 6.51. The van der Waals surface area contributed by atoms with Crippen LogP contribution in [0.1, 0.15) is 0 Å². The highest BCUT2D eigenvalue weighted by Crippen LogP contribution is 2.44. The first-order chi connectivity index (χ1) is 3.95. The Labute approximate surface area is 53.1 Å². The van der Waals surface area contributed by atoms with Gasteiger partial charge < -0.3 is 9.79 Å². The van der Waals surface area contributed by atoms with E-state index in [1.54, 1.807) is 0 Å². The monoisotopic (exact) mass is 173 g/mol. The van der Waals surface area contributed by atoms with E-state index in [1.807, 2.05) is 0 Å². The van der Waals surface area contributed by atoms with Gasteiger partial charge in [0.15, 0.2) is 0 Å². The zero-order valence-electron chi connectivity index (χ0n) is 4.72. The molecule has 0 aromatic heterocycles. The van der Waals surface area contributed by atoms with Crippen LogP contribution < -0.4 is 0 Å². The highest BCUT2D eigenvalue weighted by Gasteiger charge is 2.29. The summed E-state index contributed by atoms with van der Waals surface area (Å²) in [4.78, 5) is 16.3. The average Bonchev–Trinajstić information content (AvgIpc) is 1.62. The van der Waals surface area contributed by atoms with Crippen molar-refractivity contribution in [3.8, 4) is 0 Å². The molecule has 0 aliphatic heterocycles. The molecule has 2 N–H and O–H groups in total. The van der Waals surface area contributed by atoms with Crippen molar-refractivity contribution < 1.29 is 23.4 Å². The molecule has 0 spiro atoms. The number of hydrogen-bond donors (Lipinski definition) is 2. The van der Waals surface area contributed by atoms with Crippen LogP contribution in [0.5, 0.6) is 0 Å². The molecular formula is C2H7O5P2+. The van der Waals surface area contributed by atoms with E-state index in [1.165, 1.54) is 0 Å². The molecule has 0 bridgehead atoms. The summed E-state index contributed by atoms with van der Waals surface area (Å²) < 4.78 is 24.4. The summed E-state index contributed by atoms with van der Waals surface area (Å²) in [5, 5.41) is 0. The summed E-state index contributed by atoms with van der Waals surface area (Å²) in [6.07, 6.45) is 0. The molecule has 54 valence electrons. The molecule has 0 heterocycles. The number of rotatable bonds is 3. The van der Waals surface area contributed by atoms with Gasteiger partial charge in [0.05, 0.1) is 7.11 Å². The Morgan fingerprint density at radius 1 is 1.67 bits per heavy atom. The van der Waals surface area contributed by atoms with Crippen LogP contribution >= 0.6 is 15.6 Å². The Bertz CT molecular complexity index is 147. The maximum atomic E-state index is 10.3. The minimum absolute atomic E-state index is 0.696. The quantitative estimate of drug-likeness (QED) is 0.607. The predicted molar refractivity (Wildman–Crippen MR) is 31.5 cm³/mol. The van der Waals surface area contributed by atoms with Crippen LogP contribution in [0.15, 0.2) is 0 Å². The van der Waals surface area contributed by atoms with Crippen LogP contribution in [0, 0.1) is 0 Å². The van der Waals surface area contributed by atoms with E-state index in [2.05, 4.69) is 4.52 Å². The average molecular weight is 173 g/mol. The summed E-state index contributed by atoms with van der Waals surface area (Å²) in [7, 11) is -5.19. The second-order valence-corrected chi connectivity index (χ2v) is 4.81. The number of hydrogen-bond acceptors (Lipinski definition) is 3. The topological polar surface area (TPSA) is 83.8 Å². The molecule has 0 aromatic carbocycles. The fourth-order valence-corrected chi connectivity index (χ4v) is 1.87. The van der Waals surface area contributed by atoms with E-state index >= 15 is 0 Å². The Balaban J connectivity index is 3.75. The molecule has 0 fully saturated rings. The van der Waals surface area contributed by atoms with Gasteiger partial charge in [-0.25, -0.2) is 0 Å². The lowest BCUT2D eigenvalue weighted by Crippen LogP contribution is -1.81. The molecule has 0 aromatic rings. The van der Waals surface area contributed by atoms with Gasteiger partial charge in [-0.1, -0.05) is 0 Å². The molecule has 0 amide bonds. The molecule has 1 atom stereocenters. The SMILES string of the molecule is CO[P+](=O)CP(=O)(O)O. The van der Waals surface area contributed by atoms with Gasteiger partial charge in [-0.3, -0.25) is 4.57 Å². The summed E-state index contributed by atoms with van der Waals surface area (Å²) in [5.41, 5.74) is 0. The van der Waals surface area contributed by atoms with Gasteiger partial charge in [0.25, 0.3) is 5.90 Å². The third kappa shape index (κ3) is 6.09. The van der Waals surface area contributed by atoms with Crippen molar-refractivity contribution in [1.82, 2.24) is 0 Å². The second kappa shape index (κ2) is 3.40. The third-order valence-electron chi connectivity index (χ3n) is 0.503. The fraction of sp³-hybridized carbons (Fsp3) is 1.00. The van der Waals surface area contributed by atoms with Crippen molar-refractivity contribution >= 4 is 15.6 Å². The Hall–Kier alpha value is 0.210. The largest absolute Gasteiger partial charge is 0.520 e. The molecule has 0 aliphatic rings. The lowest BCUT2D eigenvalue weighted by molar-refractivity contribution is 0.372. The van der Waals surface area contributed by atoms with Crippen molar-refractivity contribution in [2.75, 3.05) is 13.0 Å². The van der Waals surface area contributed by atoms with Gasteiger partial charge in [0.1, 0.15) is 0 Å². The third-order valence-corrected chi connectivity index (χ3v) is 3.31. The van der Waals surface area contributed by atoms with Gasteiger partial charge >= 0.3 is 15.6 Å². The standard InChI is InChI=1S/C2H6O5P2/c1-7-8(3)2-9(4,5)6/h2H2,1H3,(H-,4,5,6)/p+1. The van der Waals surface area contributed by atoms with E-state index in [0.717, 1.165) is 7.11 Å². The van der Waals surface area contributed by atoms with Crippen LogP contribution in [0.25, 0.3) is 0 Å². The van der Waals surface area contributed by atoms with Gasteiger partial charge in [-0.15, -0.1) is 4.52 Å². The fourth-order valence-electron chi connectivity index (χ4n) is 0.208. The van der Waals surface area contributed by atoms with Crippen molar-refractivity contribution in [1.29, 1.82) is 0 Å². The zero-order chi connectivity index (χ0) is 7.49. The van der Waals surface area contributed by atoms with Gasteiger partial charge in [-0.2, -0.15) is 0 Å². The van der Waals surface area contributed by atoms with Gasteiger partial charge in [0.2, 0.25) is 0 Å². The Morgan fingerprint density at radius 3 is 2.22 bits per heavy atom. The first kappa shape index (κ1) is 9.21. The van der Waals surface area contributed by atoms with Crippen molar-refractivity contribution in [3.05, 3.63) is 0 Å². The molecule has 0 saturated carbocycles. The van der Waals surface area contributed by atoms with Crippen LogP contribution in [-0.4, -0.2) is 22.8 Å². The van der Waals surface area contributed by atoms with Crippen molar-refractivity contribution in [2.45, 2.75) is 0 Å². The lowest BCUT2D eigenvalue weighted by atomic mass is 11.8. The summed E-state index contributed by atoms with van der Waals surface area (Å²) in [5.74, 6) is -0.696. The van der Waals surface area contributed by atoms with Crippen LogP contribution in [0.4, 0.5) is 0 Å². The lowest BCUT2D eigenvalue weighted by Gasteiger charge is -1.90. The van der Waals surface area contributed by atoms with Crippen LogP contribution in [-0.2, 0) is 13.7 Å². The smallest absolute Gasteiger partial charge is 0.321 e. The normalized spacial score (nSPS) is 13.4. The summed E-state index contributed by atoms with van der Waals surface area (Å²) in [6.45, 7) is 0. The minimum Gasteiger partial charge on any atom is -0.321 e. The summed E-state index contributed by atoms with van der Waals surface area (Å²) >= 11 is 0. The minimum atomic E-state index is -4.15. The van der Waals surface area contributed by atoms with Crippen LogP contribution in [0.3, 0.4) is 0 Å². The van der Waals surface area contributed by atoms with E-state index in [9.17, 15) is 9.13 Å². The predicted octanol–water partition coefficient (Wildman–Crippen LogP) is 0.510. The van der Waals surface area contributed by atoms with E-state index < -0.39 is 21.5 Å². The maximum absolute atomic E-state index is 10.3. The molecule has 0 radical (unpaired) electrons.